The summed E-state index contributed by atoms with van der Waals surface area (Å²) in [4.78, 5) is 14.7. The number of nitrogens with one attached hydrogen (secondary N) is 1. The van der Waals surface area contributed by atoms with E-state index in [1.165, 1.54) is 12.8 Å². The van der Waals surface area contributed by atoms with Crippen LogP contribution in [0.3, 0.4) is 0 Å². The highest BCUT2D eigenvalue weighted by molar-refractivity contribution is 5.94. The molecule has 0 atom stereocenters. The van der Waals surface area contributed by atoms with Crippen LogP contribution in [-0.2, 0) is 0 Å². The lowest BCUT2D eigenvalue weighted by atomic mass is 9.96. The topological polar surface area (TPSA) is 41.6 Å². The molecule has 1 heterocycles. The fourth-order valence-corrected chi connectivity index (χ4v) is 2.88. The minimum atomic E-state index is 0.00865. The van der Waals surface area contributed by atoms with Gasteiger partial charge >= 0.3 is 0 Å². The van der Waals surface area contributed by atoms with Gasteiger partial charge in [-0.1, -0.05) is 0 Å². The zero-order valence-electron chi connectivity index (χ0n) is 14.0. The van der Waals surface area contributed by atoms with E-state index < -0.39 is 0 Å². The second-order valence-corrected chi connectivity index (χ2v) is 6.24. The molecule has 1 aromatic carbocycles. The minimum absolute atomic E-state index is 0.00865. The van der Waals surface area contributed by atoms with Gasteiger partial charge in [0.15, 0.2) is 0 Å². The van der Waals surface area contributed by atoms with Crippen LogP contribution in [0.2, 0.25) is 0 Å². The van der Waals surface area contributed by atoms with E-state index in [-0.39, 0.29) is 5.91 Å². The Balaban J connectivity index is 1.76. The number of carbonyl (C=O) groups excluding carboxylic acids is 1. The van der Waals surface area contributed by atoms with E-state index in [0.717, 1.165) is 25.4 Å². The van der Waals surface area contributed by atoms with Crippen molar-refractivity contribution in [2.24, 2.45) is 5.92 Å². The highest BCUT2D eigenvalue weighted by Crippen LogP contribution is 2.18. The van der Waals surface area contributed by atoms with Crippen molar-refractivity contribution in [2.45, 2.75) is 39.7 Å². The van der Waals surface area contributed by atoms with Crippen LogP contribution in [0.1, 0.15) is 44.0 Å². The summed E-state index contributed by atoms with van der Waals surface area (Å²) in [6.45, 7) is 10.1. The van der Waals surface area contributed by atoms with Crippen molar-refractivity contribution in [1.29, 1.82) is 0 Å². The van der Waals surface area contributed by atoms with Crippen LogP contribution in [0.15, 0.2) is 24.3 Å². The van der Waals surface area contributed by atoms with E-state index in [1.54, 1.807) is 0 Å². The van der Waals surface area contributed by atoms with E-state index >= 15 is 0 Å². The molecular formula is C18H28N2O2. The number of amides is 1. The van der Waals surface area contributed by atoms with Gasteiger partial charge in [-0.2, -0.15) is 0 Å². The third kappa shape index (κ3) is 4.73. The standard InChI is InChI=1S/C18H28N2O2/c1-4-22-17-7-5-16(6-8-17)18(21)19-13-15-9-11-20(12-10-15)14(2)3/h5-8,14-15H,4,9-13H2,1-3H3,(H,19,21). The third-order valence-corrected chi connectivity index (χ3v) is 4.36. The van der Waals surface area contributed by atoms with Crippen molar-refractivity contribution in [3.63, 3.8) is 0 Å². The summed E-state index contributed by atoms with van der Waals surface area (Å²) >= 11 is 0. The first-order valence-corrected chi connectivity index (χ1v) is 8.35. The molecule has 1 aliphatic rings. The Morgan fingerprint density at radius 2 is 1.91 bits per heavy atom. The van der Waals surface area contributed by atoms with Crippen molar-refractivity contribution in [1.82, 2.24) is 10.2 Å². The van der Waals surface area contributed by atoms with Gasteiger partial charge in [0.1, 0.15) is 5.75 Å². The molecule has 0 unspecified atom stereocenters. The summed E-state index contributed by atoms with van der Waals surface area (Å²) in [5.74, 6) is 1.41. The van der Waals surface area contributed by atoms with E-state index in [1.807, 2.05) is 31.2 Å². The summed E-state index contributed by atoms with van der Waals surface area (Å²) in [6.07, 6.45) is 2.34. The second kappa shape index (κ2) is 8.18. The molecule has 1 fully saturated rings. The van der Waals surface area contributed by atoms with Crippen LogP contribution >= 0.6 is 0 Å². The fraction of sp³-hybridized carbons (Fsp3) is 0.611. The van der Waals surface area contributed by atoms with Gasteiger partial charge in [0.2, 0.25) is 0 Å². The number of hydrogen-bond acceptors (Lipinski definition) is 3. The number of nitrogens with zero attached hydrogens (tertiary/aromatic N) is 1. The monoisotopic (exact) mass is 304 g/mol. The summed E-state index contributed by atoms with van der Waals surface area (Å²) in [7, 11) is 0. The molecule has 0 saturated carbocycles. The number of hydrogen-bond donors (Lipinski definition) is 1. The molecule has 4 heteroatoms. The Hall–Kier alpha value is -1.55. The molecule has 122 valence electrons. The predicted molar refractivity (Wildman–Crippen MR) is 89.4 cm³/mol. The first-order chi connectivity index (χ1) is 10.6. The van der Waals surface area contributed by atoms with Gasteiger partial charge in [-0.25, -0.2) is 0 Å². The van der Waals surface area contributed by atoms with Crippen molar-refractivity contribution < 1.29 is 9.53 Å². The van der Waals surface area contributed by atoms with E-state index in [0.29, 0.717) is 24.1 Å². The number of ether oxygens (including phenoxy) is 1. The Labute approximate surface area is 133 Å². The number of benzene rings is 1. The molecular weight excluding hydrogens is 276 g/mol. The van der Waals surface area contributed by atoms with Crippen molar-refractivity contribution in [2.75, 3.05) is 26.2 Å². The Morgan fingerprint density at radius 1 is 1.27 bits per heavy atom. The first-order valence-electron chi connectivity index (χ1n) is 8.35. The molecule has 1 amide bonds. The zero-order valence-corrected chi connectivity index (χ0v) is 14.0. The van der Waals surface area contributed by atoms with Crippen molar-refractivity contribution in [3.05, 3.63) is 29.8 Å². The second-order valence-electron chi connectivity index (χ2n) is 6.24. The lowest BCUT2D eigenvalue weighted by Gasteiger charge is -2.34. The van der Waals surface area contributed by atoms with Crippen LogP contribution in [0.4, 0.5) is 0 Å². The zero-order chi connectivity index (χ0) is 15.9. The molecule has 0 spiro atoms. The maximum Gasteiger partial charge on any atom is 0.251 e. The van der Waals surface area contributed by atoms with Gasteiger partial charge in [-0.3, -0.25) is 4.79 Å². The van der Waals surface area contributed by atoms with Crippen molar-refractivity contribution >= 4 is 5.91 Å². The number of piperidine rings is 1. The van der Waals surface area contributed by atoms with Crippen molar-refractivity contribution in [3.8, 4) is 5.75 Å². The predicted octanol–water partition coefficient (Wildman–Crippen LogP) is 2.94. The average molecular weight is 304 g/mol. The summed E-state index contributed by atoms with van der Waals surface area (Å²) in [6, 6.07) is 7.96. The number of likely N-dealkylation sites (tertiary alicyclic amines) is 1. The maximum atomic E-state index is 12.2. The molecule has 0 aliphatic carbocycles. The molecule has 2 rings (SSSR count). The van der Waals surface area contributed by atoms with Gasteiger partial charge in [0.25, 0.3) is 5.91 Å². The molecule has 0 radical (unpaired) electrons. The van der Waals surface area contributed by atoms with E-state index in [2.05, 4.69) is 24.1 Å². The fourth-order valence-electron chi connectivity index (χ4n) is 2.88. The SMILES string of the molecule is CCOc1ccc(C(=O)NCC2CCN(C(C)C)CC2)cc1. The summed E-state index contributed by atoms with van der Waals surface area (Å²) < 4.78 is 5.39. The number of carbonyl (C=O) groups is 1. The average Bonchev–Trinajstić information content (AvgIpc) is 2.54. The first kappa shape index (κ1) is 16.8. The quantitative estimate of drug-likeness (QED) is 0.878. The molecule has 1 aliphatic heterocycles. The molecule has 0 bridgehead atoms. The van der Waals surface area contributed by atoms with Crippen LogP contribution < -0.4 is 10.1 Å². The summed E-state index contributed by atoms with van der Waals surface area (Å²) in [5, 5.41) is 3.07. The van der Waals surface area contributed by atoms with Gasteiger partial charge < -0.3 is 15.0 Å². The molecule has 22 heavy (non-hydrogen) atoms. The smallest absolute Gasteiger partial charge is 0.251 e. The molecule has 1 saturated heterocycles. The molecule has 1 N–H and O–H groups in total. The summed E-state index contributed by atoms with van der Waals surface area (Å²) in [5.41, 5.74) is 0.697. The van der Waals surface area contributed by atoms with Crippen LogP contribution in [0.25, 0.3) is 0 Å². The van der Waals surface area contributed by atoms with E-state index in [4.69, 9.17) is 4.74 Å². The van der Waals surface area contributed by atoms with Gasteiger partial charge in [0, 0.05) is 18.2 Å². The molecule has 1 aromatic rings. The van der Waals surface area contributed by atoms with Crippen LogP contribution in [0.5, 0.6) is 5.75 Å². The van der Waals surface area contributed by atoms with Crippen LogP contribution in [-0.4, -0.2) is 43.1 Å². The highest BCUT2D eigenvalue weighted by atomic mass is 16.5. The lowest BCUT2D eigenvalue weighted by molar-refractivity contribution is 0.0929. The number of rotatable bonds is 6. The van der Waals surface area contributed by atoms with Gasteiger partial charge in [-0.05, 0) is 76.9 Å². The van der Waals surface area contributed by atoms with Gasteiger partial charge in [-0.15, -0.1) is 0 Å². The lowest BCUT2D eigenvalue weighted by Crippen LogP contribution is -2.41. The Bertz CT molecular complexity index is 462. The van der Waals surface area contributed by atoms with E-state index in [9.17, 15) is 4.79 Å². The molecule has 0 aromatic heterocycles. The molecule has 4 nitrogen and oxygen atoms in total. The minimum Gasteiger partial charge on any atom is -0.494 e. The third-order valence-electron chi connectivity index (χ3n) is 4.36. The van der Waals surface area contributed by atoms with Crippen LogP contribution in [0, 0.1) is 5.92 Å². The maximum absolute atomic E-state index is 12.2. The van der Waals surface area contributed by atoms with Gasteiger partial charge in [0.05, 0.1) is 6.61 Å². The largest absolute Gasteiger partial charge is 0.494 e. The Kier molecular flexibility index (Phi) is 6.25. The highest BCUT2D eigenvalue weighted by Gasteiger charge is 2.21. The Morgan fingerprint density at radius 3 is 2.45 bits per heavy atom. The normalized spacial score (nSPS) is 16.7.